The van der Waals surface area contributed by atoms with Gasteiger partial charge in [-0.3, -0.25) is 4.79 Å². The van der Waals surface area contributed by atoms with E-state index in [1.807, 2.05) is 31.2 Å². The maximum Gasteiger partial charge on any atom is 0.252 e. The quantitative estimate of drug-likeness (QED) is 0.696. The van der Waals surface area contributed by atoms with Gasteiger partial charge >= 0.3 is 0 Å². The molecule has 1 atom stereocenters. The molecule has 2 N–H and O–H groups in total. The lowest BCUT2D eigenvalue weighted by atomic mass is 10.1. The van der Waals surface area contributed by atoms with Gasteiger partial charge in [-0.05, 0) is 12.5 Å². The van der Waals surface area contributed by atoms with Crippen molar-refractivity contribution >= 4 is 5.91 Å². The Hall–Kier alpha value is -1.77. The number of hydrogen-bond acceptors (Lipinski definition) is 2. The Morgan fingerprint density at radius 1 is 1.43 bits per heavy atom. The van der Waals surface area contributed by atoms with Crippen molar-refractivity contribution in [1.29, 1.82) is 0 Å². The Kier molecular flexibility index (Phi) is 2.00. The van der Waals surface area contributed by atoms with Crippen molar-refractivity contribution in [3.8, 4) is 0 Å². The second-order valence-electron chi connectivity index (χ2n) is 3.46. The lowest BCUT2D eigenvalue weighted by Crippen LogP contribution is -2.19. The summed E-state index contributed by atoms with van der Waals surface area (Å²) in [7, 11) is 0. The summed E-state index contributed by atoms with van der Waals surface area (Å²) in [6, 6.07) is 7.59. The molecule has 1 amide bonds. The van der Waals surface area contributed by atoms with Crippen LogP contribution in [0.1, 0.15) is 17.2 Å². The average Bonchev–Trinajstić information content (AvgIpc) is 2.45. The van der Waals surface area contributed by atoms with Gasteiger partial charge in [0.05, 0.1) is 5.82 Å². The molecule has 0 bridgehead atoms. The van der Waals surface area contributed by atoms with Crippen LogP contribution in [-0.2, 0) is 4.79 Å². The van der Waals surface area contributed by atoms with E-state index in [1.54, 1.807) is 0 Å². The van der Waals surface area contributed by atoms with E-state index in [0.717, 1.165) is 11.1 Å². The van der Waals surface area contributed by atoms with Crippen molar-refractivity contribution < 1.29 is 4.79 Å². The fourth-order valence-corrected chi connectivity index (χ4v) is 1.58. The highest BCUT2D eigenvalue weighted by Crippen LogP contribution is 2.19. The van der Waals surface area contributed by atoms with Crippen LogP contribution in [0.2, 0.25) is 0 Å². The van der Waals surface area contributed by atoms with Crippen molar-refractivity contribution in [2.24, 2.45) is 0 Å². The summed E-state index contributed by atoms with van der Waals surface area (Å²) in [5.74, 6) is 0.530. The molecule has 3 heteroatoms. The normalized spacial score (nSPS) is 20.5. The number of aryl methyl sites for hydroxylation is 1. The number of nitrogens with one attached hydrogen (secondary N) is 2. The molecule has 0 radical (unpaired) electrons. The molecular weight excluding hydrogens is 176 g/mol. The maximum atomic E-state index is 11.5. The zero-order chi connectivity index (χ0) is 10.1. The van der Waals surface area contributed by atoms with Crippen LogP contribution in [0.25, 0.3) is 0 Å². The predicted molar refractivity (Wildman–Crippen MR) is 54.3 cm³/mol. The number of rotatable bonds is 1. The third-order valence-electron chi connectivity index (χ3n) is 2.23. The maximum absolute atomic E-state index is 11.5. The summed E-state index contributed by atoms with van der Waals surface area (Å²) in [4.78, 5) is 11.5. The first-order valence-corrected chi connectivity index (χ1v) is 4.50. The molecule has 2 rings (SSSR count). The van der Waals surface area contributed by atoms with Gasteiger partial charge in [-0.25, -0.2) is 0 Å². The molecule has 0 saturated carbocycles. The molecule has 1 saturated heterocycles. The van der Waals surface area contributed by atoms with Gasteiger partial charge < -0.3 is 10.6 Å². The van der Waals surface area contributed by atoms with Gasteiger partial charge in [0, 0.05) is 0 Å². The highest BCUT2D eigenvalue weighted by molar-refractivity contribution is 5.87. The topological polar surface area (TPSA) is 41.1 Å². The van der Waals surface area contributed by atoms with Crippen LogP contribution in [0.15, 0.2) is 36.7 Å². The molecule has 0 spiro atoms. The number of amides is 1. The lowest BCUT2D eigenvalue weighted by molar-refractivity contribution is -0.120. The molecule has 1 aliphatic heterocycles. The Balaban J connectivity index is 2.31. The van der Waals surface area contributed by atoms with Crippen molar-refractivity contribution in [2.45, 2.75) is 13.0 Å². The SMILES string of the molecule is C=C1NC(=O)C(c2cccc(C)c2)N1. The minimum atomic E-state index is -0.289. The van der Waals surface area contributed by atoms with Crippen LogP contribution in [0.3, 0.4) is 0 Å². The van der Waals surface area contributed by atoms with Crippen LogP contribution in [-0.4, -0.2) is 5.91 Å². The first-order chi connectivity index (χ1) is 6.66. The first-order valence-electron chi connectivity index (χ1n) is 4.50. The molecule has 1 unspecified atom stereocenters. The Bertz CT molecular complexity index is 398. The van der Waals surface area contributed by atoms with E-state index in [1.165, 1.54) is 0 Å². The van der Waals surface area contributed by atoms with Gasteiger partial charge in [0.2, 0.25) is 0 Å². The van der Waals surface area contributed by atoms with E-state index in [4.69, 9.17) is 0 Å². The van der Waals surface area contributed by atoms with Crippen LogP contribution in [0.4, 0.5) is 0 Å². The standard InChI is InChI=1S/C11H12N2O/c1-7-4-3-5-9(6-7)10-11(14)13-8(2)12-10/h3-6,10,12H,2H2,1H3,(H,13,14). The van der Waals surface area contributed by atoms with Crippen molar-refractivity contribution in [2.75, 3.05) is 0 Å². The van der Waals surface area contributed by atoms with E-state index in [0.29, 0.717) is 5.82 Å². The third-order valence-corrected chi connectivity index (χ3v) is 2.23. The van der Waals surface area contributed by atoms with E-state index in [-0.39, 0.29) is 11.9 Å². The highest BCUT2D eigenvalue weighted by Gasteiger charge is 2.27. The van der Waals surface area contributed by atoms with Crippen LogP contribution >= 0.6 is 0 Å². The second-order valence-corrected chi connectivity index (χ2v) is 3.46. The molecular formula is C11H12N2O. The van der Waals surface area contributed by atoms with Gasteiger partial charge in [0.25, 0.3) is 5.91 Å². The van der Waals surface area contributed by atoms with Gasteiger partial charge in [-0.15, -0.1) is 0 Å². The highest BCUT2D eigenvalue weighted by atomic mass is 16.2. The predicted octanol–water partition coefficient (Wildman–Crippen LogP) is 1.23. The Labute approximate surface area is 82.8 Å². The number of carbonyl (C=O) groups is 1. The molecule has 1 heterocycles. The minimum Gasteiger partial charge on any atom is -0.357 e. The van der Waals surface area contributed by atoms with Crippen LogP contribution in [0, 0.1) is 6.92 Å². The Morgan fingerprint density at radius 2 is 2.21 bits per heavy atom. The number of hydrogen-bond donors (Lipinski definition) is 2. The summed E-state index contributed by atoms with van der Waals surface area (Å²) in [6.07, 6.45) is 0. The number of carbonyl (C=O) groups excluding carboxylic acids is 1. The zero-order valence-electron chi connectivity index (χ0n) is 8.00. The average molecular weight is 188 g/mol. The number of benzene rings is 1. The van der Waals surface area contributed by atoms with E-state index in [2.05, 4.69) is 17.2 Å². The van der Waals surface area contributed by atoms with Gasteiger partial charge in [-0.1, -0.05) is 36.4 Å². The molecule has 0 aromatic heterocycles. The van der Waals surface area contributed by atoms with Crippen LogP contribution in [0.5, 0.6) is 0 Å². The molecule has 1 fully saturated rings. The van der Waals surface area contributed by atoms with Crippen molar-refractivity contribution in [3.05, 3.63) is 47.8 Å². The molecule has 1 aromatic carbocycles. The molecule has 1 aliphatic rings. The molecule has 3 nitrogen and oxygen atoms in total. The fourth-order valence-electron chi connectivity index (χ4n) is 1.58. The second kappa shape index (κ2) is 3.18. The summed E-state index contributed by atoms with van der Waals surface area (Å²) in [5.41, 5.74) is 2.12. The van der Waals surface area contributed by atoms with Crippen molar-refractivity contribution in [3.63, 3.8) is 0 Å². The van der Waals surface area contributed by atoms with E-state index < -0.39 is 0 Å². The third kappa shape index (κ3) is 1.48. The summed E-state index contributed by atoms with van der Waals surface area (Å²) in [5, 5.41) is 5.63. The first kappa shape index (κ1) is 8.81. The fraction of sp³-hybridized carbons (Fsp3) is 0.182. The lowest BCUT2D eigenvalue weighted by Gasteiger charge is -2.08. The Morgan fingerprint density at radius 3 is 2.79 bits per heavy atom. The minimum absolute atomic E-state index is 0.0411. The zero-order valence-corrected chi connectivity index (χ0v) is 8.00. The smallest absolute Gasteiger partial charge is 0.252 e. The summed E-state index contributed by atoms with van der Waals surface area (Å²) >= 11 is 0. The molecule has 1 aromatic rings. The monoisotopic (exact) mass is 188 g/mol. The van der Waals surface area contributed by atoms with E-state index in [9.17, 15) is 4.79 Å². The van der Waals surface area contributed by atoms with Crippen molar-refractivity contribution in [1.82, 2.24) is 10.6 Å². The molecule has 72 valence electrons. The molecule has 14 heavy (non-hydrogen) atoms. The molecule has 0 aliphatic carbocycles. The van der Waals surface area contributed by atoms with Gasteiger partial charge in [0.1, 0.15) is 6.04 Å². The summed E-state index contributed by atoms with van der Waals surface area (Å²) in [6.45, 7) is 5.66. The van der Waals surface area contributed by atoms with Gasteiger partial charge in [0.15, 0.2) is 0 Å². The van der Waals surface area contributed by atoms with Crippen LogP contribution < -0.4 is 10.6 Å². The van der Waals surface area contributed by atoms with E-state index >= 15 is 0 Å². The summed E-state index contributed by atoms with van der Waals surface area (Å²) < 4.78 is 0. The largest absolute Gasteiger partial charge is 0.357 e. The van der Waals surface area contributed by atoms with Gasteiger partial charge in [-0.2, -0.15) is 0 Å².